The number of carbonyl (C=O) groups excluding carboxylic acids is 2. The first-order chi connectivity index (χ1) is 10.5. The van der Waals surface area contributed by atoms with Crippen LogP contribution in [0.3, 0.4) is 0 Å². The van der Waals surface area contributed by atoms with Gasteiger partial charge in [-0.1, -0.05) is 42.5 Å². The van der Waals surface area contributed by atoms with Gasteiger partial charge < -0.3 is 11.1 Å². The minimum absolute atomic E-state index is 0.308. The predicted octanol–water partition coefficient (Wildman–Crippen LogP) is 2.20. The summed E-state index contributed by atoms with van der Waals surface area (Å²) < 4.78 is 0. The molecule has 0 aromatic heterocycles. The minimum atomic E-state index is -1.23. The molecule has 0 saturated heterocycles. The van der Waals surface area contributed by atoms with Crippen molar-refractivity contribution in [3.05, 3.63) is 65.2 Å². The molecule has 1 heterocycles. The van der Waals surface area contributed by atoms with E-state index in [0.717, 1.165) is 22.4 Å². The summed E-state index contributed by atoms with van der Waals surface area (Å²) in [6, 6.07) is 15.3. The molecule has 0 radical (unpaired) electrons. The van der Waals surface area contributed by atoms with Gasteiger partial charge in [-0.2, -0.15) is 0 Å². The highest BCUT2D eigenvalue weighted by Crippen LogP contribution is 2.37. The van der Waals surface area contributed by atoms with E-state index >= 15 is 0 Å². The molecular weight excluding hydrogens is 276 g/mol. The number of nitrogens with two attached hydrogens (primary N) is 1. The van der Waals surface area contributed by atoms with Crippen LogP contribution in [0.5, 0.6) is 0 Å². The van der Waals surface area contributed by atoms with Crippen LogP contribution in [-0.2, 0) is 22.4 Å². The van der Waals surface area contributed by atoms with E-state index in [0.29, 0.717) is 12.8 Å². The molecule has 4 nitrogen and oxygen atoms in total. The lowest BCUT2D eigenvalue weighted by atomic mass is 9.72. The molecule has 0 fully saturated rings. The van der Waals surface area contributed by atoms with E-state index in [1.165, 1.54) is 0 Å². The Morgan fingerprint density at radius 2 is 1.95 bits per heavy atom. The van der Waals surface area contributed by atoms with Gasteiger partial charge in [0.25, 0.3) is 0 Å². The van der Waals surface area contributed by atoms with E-state index in [2.05, 4.69) is 5.32 Å². The summed E-state index contributed by atoms with van der Waals surface area (Å²) in [7, 11) is 0. The third kappa shape index (κ3) is 2.37. The fourth-order valence-corrected chi connectivity index (χ4v) is 2.98. The highest BCUT2D eigenvalue weighted by molar-refractivity contribution is 6.12. The van der Waals surface area contributed by atoms with Crippen molar-refractivity contribution in [2.45, 2.75) is 19.8 Å². The van der Waals surface area contributed by atoms with Gasteiger partial charge in [-0.15, -0.1) is 0 Å². The number of primary amides is 1. The number of amides is 2. The molecule has 112 valence electrons. The Bertz CT molecular complexity index is 740. The molecule has 0 saturated carbocycles. The summed E-state index contributed by atoms with van der Waals surface area (Å²) in [5.74, 6) is -0.901. The Labute approximate surface area is 129 Å². The van der Waals surface area contributed by atoms with E-state index in [1.807, 2.05) is 55.5 Å². The highest BCUT2D eigenvalue weighted by atomic mass is 16.2. The van der Waals surface area contributed by atoms with E-state index in [4.69, 9.17) is 5.73 Å². The molecule has 3 N–H and O–H groups in total. The second-order valence-electron chi connectivity index (χ2n) is 5.90. The number of fused-ring (bicyclic) bond motifs is 1. The maximum atomic E-state index is 12.6. The molecule has 0 aliphatic carbocycles. The lowest BCUT2D eigenvalue weighted by molar-refractivity contribution is -0.138. The largest absolute Gasteiger partial charge is 0.369 e. The van der Waals surface area contributed by atoms with Crippen LogP contribution in [0, 0.1) is 12.3 Å². The summed E-state index contributed by atoms with van der Waals surface area (Å²) in [6.07, 6.45) is 0.640. The number of nitrogens with one attached hydrogen (secondary N) is 1. The van der Waals surface area contributed by atoms with Crippen LogP contribution in [0.1, 0.15) is 16.7 Å². The lowest BCUT2D eigenvalue weighted by Gasteiger charge is -2.34. The number of anilines is 1. The van der Waals surface area contributed by atoms with Gasteiger partial charge in [0, 0.05) is 5.69 Å². The van der Waals surface area contributed by atoms with E-state index in [1.54, 1.807) is 0 Å². The van der Waals surface area contributed by atoms with Crippen molar-refractivity contribution in [2.24, 2.45) is 11.1 Å². The summed E-state index contributed by atoms with van der Waals surface area (Å²) >= 11 is 0. The summed E-state index contributed by atoms with van der Waals surface area (Å²) in [5, 5.41) is 2.85. The number of hydrogen-bond donors (Lipinski definition) is 2. The van der Waals surface area contributed by atoms with Gasteiger partial charge in [0.05, 0.1) is 0 Å². The zero-order chi connectivity index (χ0) is 15.7. The molecule has 22 heavy (non-hydrogen) atoms. The summed E-state index contributed by atoms with van der Waals surface area (Å²) in [4.78, 5) is 24.8. The summed E-state index contributed by atoms with van der Waals surface area (Å²) in [6.45, 7) is 1.96. The zero-order valence-electron chi connectivity index (χ0n) is 12.4. The molecule has 4 heteroatoms. The standard InChI is InChI=1S/C18H18N2O2/c1-12-7-8-14-11-18(16(19)21,17(22)20-15(14)9-12)10-13-5-3-2-4-6-13/h2-9H,10-11H2,1H3,(H2,19,21)(H,20,22)/t18-/m1/s1. The third-order valence-corrected chi connectivity index (χ3v) is 4.26. The van der Waals surface area contributed by atoms with Gasteiger partial charge in [0.1, 0.15) is 5.41 Å². The van der Waals surface area contributed by atoms with Crippen LogP contribution in [0.25, 0.3) is 0 Å². The predicted molar refractivity (Wildman–Crippen MR) is 85.3 cm³/mol. The van der Waals surface area contributed by atoms with Gasteiger partial charge in [-0.25, -0.2) is 0 Å². The van der Waals surface area contributed by atoms with Crippen LogP contribution >= 0.6 is 0 Å². The maximum Gasteiger partial charge on any atom is 0.240 e. The Morgan fingerprint density at radius 3 is 2.64 bits per heavy atom. The number of rotatable bonds is 3. The summed E-state index contributed by atoms with van der Waals surface area (Å²) in [5.41, 5.74) is 8.10. The van der Waals surface area contributed by atoms with Gasteiger partial charge >= 0.3 is 0 Å². The van der Waals surface area contributed by atoms with Gasteiger partial charge in [0.2, 0.25) is 11.8 Å². The van der Waals surface area contributed by atoms with Crippen molar-refractivity contribution in [3.8, 4) is 0 Å². The molecular formula is C18H18N2O2. The van der Waals surface area contributed by atoms with Gasteiger partial charge in [-0.3, -0.25) is 9.59 Å². The molecule has 2 aromatic rings. The molecule has 1 atom stereocenters. The van der Waals surface area contributed by atoms with Crippen molar-refractivity contribution in [2.75, 3.05) is 5.32 Å². The number of benzene rings is 2. The van der Waals surface area contributed by atoms with Crippen molar-refractivity contribution in [1.29, 1.82) is 0 Å². The fourth-order valence-electron chi connectivity index (χ4n) is 2.98. The second kappa shape index (κ2) is 5.30. The first-order valence-corrected chi connectivity index (χ1v) is 7.26. The first-order valence-electron chi connectivity index (χ1n) is 7.26. The molecule has 2 amide bonds. The average Bonchev–Trinajstić information content (AvgIpc) is 2.49. The molecule has 3 rings (SSSR count). The SMILES string of the molecule is Cc1ccc2c(c1)NC(=O)[C@@](Cc1ccccc1)(C(N)=O)C2. The molecule has 2 aromatic carbocycles. The van der Waals surface area contributed by atoms with Crippen molar-refractivity contribution in [1.82, 2.24) is 0 Å². The first kappa shape index (κ1) is 14.3. The Kier molecular flexibility index (Phi) is 3.45. The molecule has 0 spiro atoms. The third-order valence-electron chi connectivity index (χ3n) is 4.26. The quantitative estimate of drug-likeness (QED) is 0.852. The van der Waals surface area contributed by atoms with Crippen molar-refractivity contribution < 1.29 is 9.59 Å². The molecule has 0 unspecified atom stereocenters. The van der Waals surface area contributed by atoms with Crippen molar-refractivity contribution >= 4 is 17.5 Å². The Hall–Kier alpha value is -2.62. The van der Waals surface area contributed by atoms with Crippen LogP contribution in [0.2, 0.25) is 0 Å². The van der Waals surface area contributed by atoms with Gasteiger partial charge in [-0.05, 0) is 42.5 Å². The number of hydrogen-bond acceptors (Lipinski definition) is 2. The van der Waals surface area contributed by atoms with E-state index in [-0.39, 0.29) is 5.91 Å². The zero-order valence-corrected chi connectivity index (χ0v) is 12.4. The number of carbonyl (C=O) groups is 2. The molecule has 1 aliphatic rings. The van der Waals surface area contributed by atoms with Crippen molar-refractivity contribution in [3.63, 3.8) is 0 Å². The lowest BCUT2D eigenvalue weighted by Crippen LogP contribution is -2.52. The number of aryl methyl sites for hydroxylation is 1. The van der Waals surface area contributed by atoms with Crippen LogP contribution in [-0.4, -0.2) is 11.8 Å². The van der Waals surface area contributed by atoms with Crippen LogP contribution in [0.15, 0.2) is 48.5 Å². The van der Waals surface area contributed by atoms with Gasteiger partial charge in [0.15, 0.2) is 0 Å². The van der Waals surface area contributed by atoms with Crippen LogP contribution in [0.4, 0.5) is 5.69 Å². The molecule has 1 aliphatic heterocycles. The monoisotopic (exact) mass is 294 g/mol. The minimum Gasteiger partial charge on any atom is -0.369 e. The Morgan fingerprint density at radius 1 is 1.23 bits per heavy atom. The maximum absolute atomic E-state index is 12.6. The fraction of sp³-hybridized carbons (Fsp3) is 0.222. The van der Waals surface area contributed by atoms with Crippen LogP contribution < -0.4 is 11.1 Å². The Balaban J connectivity index is 2.02. The van der Waals surface area contributed by atoms with E-state index < -0.39 is 11.3 Å². The normalized spacial score (nSPS) is 20.1. The highest BCUT2D eigenvalue weighted by Gasteiger charge is 2.47. The second-order valence-corrected chi connectivity index (χ2v) is 5.90. The average molecular weight is 294 g/mol. The molecule has 0 bridgehead atoms. The topological polar surface area (TPSA) is 72.2 Å². The smallest absolute Gasteiger partial charge is 0.240 e. The van der Waals surface area contributed by atoms with E-state index in [9.17, 15) is 9.59 Å².